The molecule has 0 aliphatic carbocycles. The Balaban J connectivity index is 2.22. The van der Waals surface area contributed by atoms with Crippen molar-refractivity contribution < 1.29 is 4.42 Å². The van der Waals surface area contributed by atoms with Crippen LogP contribution in [0, 0.1) is 6.92 Å². The number of furan rings is 1. The second-order valence-corrected chi connectivity index (χ2v) is 3.90. The molecule has 2 heterocycles. The molecule has 0 radical (unpaired) electrons. The number of nitrogens with two attached hydrogens (primary N) is 1. The minimum atomic E-state index is 0.561. The van der Waals surface area contributed by atoms with Crippen molar-refractivity contribution in [2.75, 3.05) is 5.73 Å². The molecule has 0 amide bonds. The minimum Gasteiger partial charge on any atom is -0.464 e. The molecule has 0 saturated carbocycles. The molecule has 0 fully saturated rings. The van der Waals surface area contributed by atoms with Gasteiger partial charge in [-0.3, -0.25) is 0 Å². The van der Waals surface area contributed by atoms with E-state index in [1.165, 1.54) is 0 Å². The predicted molar refractivity (Wildman–Crippen MR) is 56.9 cm³/mol. The molecular formula is C9H10BrN3O. The lowest BCUT2D eigenvalue weighted by Crippen LogP contribution is -2.05. The van der Waals surface area contributed by atoms with Crippen molar-refractivity contribution in [1.82, 2.24) is 9.78 Å². The number of aromatic nitrogens is 2. The lowest BCUT2D eigenvalue weighted by atomic mass is 10.4. The molecule has 0 unspecified atom stereocenters. The van der Waals surface area contributed by atoms with E-state index < -0.39 is 0 Å². The lowest BCUT2D eigenvalue weighted by molar-refractivity contribution is 0.461. The summed E-state index contributed by atoms with van der Waals surface area (Å²) in [5.41, 5.74) is 5.77. The van der Waals surface area contributed by atoms with Crippen LogP contribution in [0.3, 0.4) is 0 Å². The molecule has 0 bridgehead atoms. The number of hydrogen-bond donors (Lipinski definition) is 1. The molecule has 2 N–H and O–H groups in total. The quantitative estimate of drug-likeness (QED) is 0.895. The molecule has 0 spiro atoms. The van der Waals surface area contributed by atoms with Crippen LogP contribution in [-0.2, 0) is 6.54 Å². The summed E-state index contributed by atoms with van der Waals surface area (Å²) in [7, 11) is 0. The summed E-state index contributed by atoms with van der Waals surface area (Å²) in [6, 6.07) is 3.84. The Labute approximate surface area is 89.8 Å². The highest BCUT2D eigenvalue weighted by Gasteiger charge is 2.06. The van der Waals surface area contributed by atoms with Crippen molar-refractivity contribution in [3.63, 3.8) is 0 Å². The number of aryl methyl sites for hydroxylation is 1. The molecule has 0 saturated heterocycles. The molecule has 5 heteroatoms. The van der Waals surface area contributed by atoms with Crippen LogP contribution in [0.15, 0.2) is 27.2 Å². The number of anilines is 1. The third-order valence-electron chi connectivity index (χ3n) is 1.93. The van der Waals surface area contributed by atoms with E-state index >= 15 is 0 Å². The van der Waals surface area contributed by atoms with Crippen molar-refractivity contribution in [3.05, 3.63) is 34.3 Å². The molecule has 2 aromatic heterocycles. The van der Waals surface area contributed by atoms with Gasteiger partial charge in [0.1, 0.15) is 23.9 Å². The van der Waals surface area contributed by atoms with Gasteiger partial charge in [-0.25, -0.2) is 4.68 Å². The summed E-state index contributed by atoms with van der Waals surface area (Å²) in [4.78, 5) is 0. The highest BCUT2D eigenvalue weighted by atomic mass is 79.9. The summed E-state index contributed by atoms with van der Waals surface area (Å²) < 4.78 is 7.91. The first-order valence-electron chi connectivity index (χ1n) is 4.19. The van der Waals surface area contributed by atoms with Gasteiger partial charge in [0.15, 0.2) is 0 Å². The molecule has 2 aromatic rings. The summed E-state index contributed by atoms with van der Waals surface area (Å²) in [6.45, 7) is 2.47. The zero-order chi connectivity index (χ0) is 10.1. The minimum absolute atomic E-state index is 0.561. The summed E-state index contributed by atoms with van der Waals surface area (Å²) in [5.74, 6) is 2.36. The Bertz CT molecular complexity index is 447. The van der Waals surface area contributed by atoms with E-state index in [1.807, 2.05) is 19.1 Å². The van der Waals surface area contributed by atoms with Crippen molar-refractivity contribution in [1.29, 1.82) is 0 Å². The van der Waals surface area contributed by atoms with E-state index in [2.05, 4.69) is 21.0 Å². The fourth-order valence-corrected chi connectivity index (χ4v) is 1.51. The molecular weight excluding hydrogens is 246 g/mol. The monoisotopic (exact) mass is 255 g/mol. The Morgan fingerprint density at radius 3 is 2.86 bits per heavy atom. The first-order valence-corrected chi connectivity index (χ1v) is 4.98. The summed E-state index contributed by atoms with van der Waals surface area (Å²) in [5, 5.41) is 4.10. The second-order valence-electron chi connectivity index (χ2n) is 3.05. The van der Waals surface area contributed by atoms with Gasteiger partial charge in [0, 0.05) is 0 Å². The fourth-order valence-electron chi connectivity index (χ4n) is 1.22. The molecule has 0 atom stereocenters. The van der Waals surface area contributed by atoms with E-state index in [9.17, 15) is 0 Å². The number of rotatable bonds is 2. The zero-order valence-corrected chi connectivity index (χ0v) is 9.28. The summed E-state index contributed by atoms with van der Waals surface area (Å²) >= 11 is 3.30. The SMILES string of the molecule is Cc1ccc(Cn2ncc(Br)c2N)o1. The van der Waals surface area contributed by atoms with Gasteiger partial charge >= 0.3 is 0 Å². The maximum absolute atomic E-state index is 5.77. The van der Waals surface area contributed by atoms with Crippen molar-refractivity contribution in [2.24, 2.45) is 0 Å². The Kier molecular flexibility index (Phi) is 2.33. The van der Waals surface area contributed by atoms with E-state index in [1.54, 1.807) is 10.9 Å². The molecule has 0 aromatic carbocycles. The van der Waals surface area contributed by atoms with Crippen LogP contribution in [-0.4, -0.2) is 9.78 Å². The zero-order valence-electron chi connectivity index (χ0n) is 7.70. The topological polar surface area (TPSA) is 57.0 Å². The average Bonchev–Trinajstić information content (AvgIpc) is 2.67. The van der Waals surface area contributed by atoms with Gasteiger partial charge in [-0.2, -0.15) is 5.10 Å². The predicted octanol–water partition coefficient (Wildman–Crippen LogP) is 2.18. The normalized spacial score (nSPS) is 10.7. The van der Waals surface area contributed by atoms with Crippen molar-refractivity contribution in [2.45, 2.75) is 13.5 Å². The van der Waals surface area contributed by atoms with E-state index in [0.29, 0.717) is 12.4 Å². The van der Waals surface area contributed by atoms with Crippen LogP contribution in [0.1, 0.15) is 11.5 Å². The standard InChI is InChI=1S/C9H10BrN3O/c1-6-2-3-7(14-6)5-13-9(11)8(10)4-12-13/h2-4H,5,11H2,1H3. The third-order valence-corrected chi connectivity index (χ3v) is 2.55. The van der Waals surface area contributed by atoms with Crippen LogP contribution in [0.4, 0.5) is 5.82 Å². The molecule has 0 aliphatic rings. The van der Waals surface area contributed by atoms with E-state index in [4.69, 9.17) is 10.2 Å². The number of nitrogen functional groups attached to an aromatic ring is 1. The lowest BCUT2D eigenvalue weighted by Gasteiger charge is -2.00. The first kappa shape index (κ1) is 9.33. The van der Waals surface area contributed by atoms with Gasteiger partial charge in [-0.05, 0) is 35.0 Å². The molecule has 14 heavy (non-hydrogen) atoms. The molecule has 0 aliphatic heterocycles. The van der Waals surface area contributed by atoms with Gasteiger partial charge in [-0.1, -0.05) is 0 Å². The van der Waals surface area contributed by atoms with Gasteiger partial charge in [0.2, 0.25) is 0 Å². The van der Waals surface area contributed by atoms with Crippen LogP contribution < -0.4 is 5.73 Å². The Morgan fingerprint density at radius 1 is 1.57 bits per heavy atom. The summed E-state index contributed by atoms with van der Waals surface area (Å²) in [6.07, 6.45) is 1.67. The number of halogens is 1. The maximum Gasteiger partial charge on any atom is 0.136 e. The van der Waals surface area contributed by atoms with E-state index in [0.717, 1.165) is 16.0 Å². The van der Waals surface area contributed by atoms with Crippen LogP contribution in [0.2, 0.25) is 0 Å². The largest absolute Gasteiger partial charge is 0.464 e. The van der Waals surface area contributed by atoms with Crippen LogP contribution in [0.5, 0.6) is 0 Å². The smallest absolute Gasteiger partial charge is 0.136 e. The third kappa shape index (κ3) is 1.68. The molecule has 4 nitrogen and oxygen atoms in total. The van der Waals surface area contributed by atoms with Gasteiger partial charge < -0.3 is 10.2 Å². The highest BCUT2D eigenvalue weighted by molar-refractivity contribution is 9.10. The average molecular weight is 256 g/mol. The molecule has 74 valence electrons. The number of nitrogens with zero attached hydrogens (tertiary/aromatic N) is 2. The fraction of sp³-hybridized carbons (Fsp3) is 0.222. The molecule has 2 rings (SSSR count). The van der Waals surface area contributed by atoms with Crippen LogP contribution in [0.25, 0.3) is 0 Å². The van der Waals surface area contributed by atoms with Gasteiger partial charge in [0.25, 0.3) is 0 Å². The van der Waals surface area contributed by atoms with Crippen molar-refractivity contribution >= 4 is 21.7 Å². The highest BCUT2D eigenvalue weighted by Crippen LogP contribution is 2.19. The Hall–Kier alpha value is -1.23. The maximum atomic E-state index is 5.77. The van der Waals surface area contributed by atoms with E-state index in [-0.39, 0.29) is 0 Å². The van der Waals surface area contributed by atoms with Crippen LogP contribution >= 0.6 is 15.9 Å². The Morgan fingerprint density at radius 2 is 2.36 bits per heavy atom. The van der Waals surface area contributed by atoms with Crippen molar-refractivity contribution in [3.8, 4) is 0 Å². The number of hydrogen-bond acceptors (Lipinski definition) is 3. The first-order chi connectivity index (χ1) is 6.66. The van der Waals surface area contributed by atoms with Gasteiger partial charge in [0.05, 0.1) is 10.7 Å². The van der Waals surface area contributed by atoms with Gasteiger partial charge in [-0.15, -0.1) is 0 Å². The second kappa shape index (κ2) is 3.49.